The van der Waals surface area contributed by atoms with Crippen LogP contribution in [-0.4, -0.2) is 42.9 Å². The monoisotopic (exact) mass is 427 g/mol. The lowest BCUT2D eigenvalue weighted by atomic mass is 9.99. The third-order valence-corrected chi connectivity index (χ3v) is 5.58. The van der Waals surface area contributed by atoms with Gasteiger partial charge in [-0.05, 0) is 43.3 Å². The first-order valence-electron chi connectivity index (χ1n) is 10.6. The molecule has 1 heterocycles. The van der Waals surface area contributed by atoms with Crippen molar-refractivity contribution in [3.63, 3.8) is 0 Å². The number of amides is 2. The smallest absolute Gasteiger partial charge is 0.304 e. The first-order valence-corrected chi connectivity index (χ1v) is 10.6. The van der Waals surface area contributed by atoms with Gasteiger partial charge in [-0.2, -0.15) is 0 Å². The number of hydrazone groups is 1. The number of carbonyl (C=O) groups excluding carboxylic acids is 2. The minimum atomic E-state index is -0.733. The van der Waals surface area contributed by atoms with Crippen LogP contribution in [0.5, 0.6) is 0 Å². The van der Waals surface area contributed by atoms with E-state index in [1.165, 1.54) is 0 Å². The molecule has 3 aromatic rings. The predicted octanol–water partition coefficient (Wildman–Crippen LogP) is 3.08. The van der Waals surface area contributed by atoms with E-state index in [0.717, 1.165) is 22.4 Å². The summed E-state index contributed by atoms with van der Waals surface area (Å²) in [6.45, 7) is 1.97. The molecule has 3 aromatic carbocycles. The average Bonchev–Trinajstić information content (AvgIpc) is 3.09. The Morgan fingerprint density at radius 2 is 1.62 bits per heavy atom. The van der Waals surface area contributed by atoms with E-state index in [1.54, 1.807) is 16.8 Å². The van der Waals surface area contributed by atoms with Gasteiger partial charge in [0.15, 0.2) is 6.04 Å². The SMILES string of the molecule is Cc1ccc(C(=O)N[C@H]2C(=O)N/[N+](=C\c3ccc(N(C)C)cc3)[C@@H]2c2ccccc2)cc1. The number of carbonyl (C=O) groups is 2. The fourth-order valence-electron chi connectivity index (χ4n) is 3.78. The van der Waals surface area contributed by atoms with Crippen LogP contribution in [0.4, 0.5) is 5.69 Å². The maximum Gasteiger partial charge on any atom is 0.304 e. The van der Waals surface area contributed by atoms with Crippen LogP contribution in [0, 0.1) is 6.92 Å². The number of rotatable bonds is 5. The van der Waals surface area contributed by atoms with Gasteiger partial charge in [0.05, 0.1) is 0 Å². The molecular formula is C26H27N4O2+. The lowest BCUT2D eigenvalue weighted by Gasteiger charge is -2.15. The number of aryl methyl sites for hydroxylation is 1. The minimum Gasteiger partial charge on any atom is -0.378 e. The van der Waals surface area contributed by atoms with Crippen molar-refractivity contribution in [3.8, 4) is 0 Å². The third kappa shape index (κ3) is 4.54. The summed E-state index contributed by atoms with van der Waals surface area (Å²) in [6, 6.07) is 24.0. The van der Waals surface area contributed by atoms with Gasteiger partial charge < -0.3 is 10.2 Å². The topological polar surface area (TPSA) is 64.5 Å². The van der Waals surface area contributed by atoms with Crippen LogP contribution in [0.3, 0.4) is 0 Å². The van der Waals surface area contributed by atoms with Crippen molar-refractivity contribution in [2.45, 2.75) is 19.0 Å². The molecule has 32 heavy (non-hydrogen) atoms. The molecular weight excluding hydrogens is 400 g/mol. The highest BCUT2D eigenvalue weighted by Crippen LogP contribution is 2.25. The van der Waals surface area contributed by atoms with Gasteiger partial charge in [-0.3, -0.25) is 9.59 Å². The molecule has 1 saturated heterocycles. The fraction of sp³-hybridized carbons (Fsp3) is 0.192. The van der Waals surface area contributed by atoms with Gasteiger partial charge in [0.1, 0.15) is 0 Å². The van der Waals surface area contributed by atoms with Crippen LogP contribution < -0.4 is 15.6 Å². The number of nitrogens with one attached hydrogen (secondary N) is 2. The molecule has 4 rings (SSSR count). The molecule has 0 aromatic heterocycles. The van der Waals surface area contributed by atoms with Crippen molar-refractivity contribution in [1.82, 2.24) is 10.7 Å². The molecule has 162 valence electrons. The Balaban J connectivity index is 1.66. The maximum atomic E-state index is 12.9. The highest BCUT2D eigenvalue weighted by atomic mass is 16.2. The second-order valence-corrected chi connectivity index (χ2v) is 8.17. The Morgan fingerprint density at radius 1 is 0.969 bits per heavy atom. The van der Waals surface area contributed by atoms with Crippen LogP contribution in [-0.2, 0) is 4.79 Å². The molecule has 0 unspecified atom stereocenters. The zero-order valence-electron chi connectivity index (χ0n) is 18.4. The maximum absolute atomic E-state index is 12.9. The van der Waals surface area contributed by atoms with Crippen molar-refractivity contribution in [3.05, 3.63) is 101 Å². The van der Waals surface area contributed by atoms with Crippen molar-refractivity contribution in [1.29, 1.82) is 0 Å². The molecule has 0 bridgehead atoms. The van der Waals surface area contributed by atoms with Crippen LogP contribution in [0.25, 0.3) is 0 Å². The molecule has 6 heteroatoms. The Kier molecular flexibility index (Phi) is 6.03. The van der Waals surface area contributed by atoms with Gasteiger partial charge in [-0.25, -0.2) is 0 Å². The molecule has 1 aliphatic heterocycles. The standard InChI is InChI=1S/C26H26N4O2/c1-18-9-13-21(14-10-18)25(31)27-23-24(20-7-5-4-6-8-20)30(28-26(23)32)17-19-11-15-22(16-12-19)29(2)3/h4-17,23-24H,1-3H3,(H-,27,28,31,32)/p+1/t23-,24-/m1/s1. The third-order valence-electron chi connectivity index (χ3n) is 5.58. The zero-order valence-corrected chi connectivity index (χ0v) is 18.4. The predicted molar refractivity (Wildman–Crippen MR) is 126 cm³/mol. The highest BCUT2D eigenvalue weighted by molar-refractivity contribution is 5.98. The fourth-order valence-corrected chi connectivity index (χ4v) is 3.78. The van der Waals surface area contributed by atoms with Gasteiger partial charge in [0.2, 0.25) is 12.3 Å². The summed E-state index contributed by atoms with van der Waals surface area (Å²) in [4.78, 5) is 27.8. The summed E-state index contributed by atoms with van der Waals surface area (Å²) in [5.74, 6) is -0.524. The summed E-state index contributed by atoms with van der Waals surface area (Å²) in [5.41, 5.74) is 7.49. The number of hydrogen-bond acceptors (Lipinski definition) is 3. The Labute approximate surface area is 188 Å². The van der Waals surface area contributed by atoms with E-state index in [9.17, 15) is 9.59 Å². The zero-order chi connectivity index (χ0) is 22.7. The largest absolute Gasteiger partial charge is 0.378 e. The second-order valence-electron chi connectivity index (χ2n) is 8.17. The molecule has 0 aliphatic carbocycles. The number of hydrogen-bond donors (Lipinski definition) is 2. The molecule has 0 radical (unpaired) electrons. The van der Waals surface area contributed by atoms with Gasteiger partial charge in [-0.1, -0.05) is 48.0 Å². The van der Waals surface area contributed by atoms with E-state index in [-0.39, 0.29) is 17.9 Å². The first-order chi connectivity index (χ1) is 15.4. The minimum absolute atomic E-state index is 0.250. The van der Waals surface area contributed by atoms with Crippen LogP contribution in [0.1, 0.15) is 33.1 Å². The van der Waals surface area contributed by atoms with Crippen LogP contribution >= 0.6 is 0 Å². The molecule has 0 saturated carbocycles. The van der Waals surface area contributed by atoms with Crippen LogP contribution in [0.15, 0.2) is 78.9 Å². The quantitative estimate of drug-likeness (QED) is 0.615. The Bertz CT molecular complexity index is 1140. The number of nitrogens with zero attached hydrogens (tertiary/aromatic N) is 2. The van der Waals surface area contributed by atoms with E-state index in [1.807, 2.05) is 98.9 Å². The summed E-state index contributed by atoms with van der Waals surface area (Å²) in [5, 5.41) is 2.93. The van der Waals surface area contributed by atoms with Crippen molar-refractivity contribution in [2.24, 2.45) is 0 Å². The molecule has 6 nitrogen and oxygen atoms in total. The normalized spacial score (nSPS) is 19.0. The van der Waals surface area contributed by atoms with Gasteiger partial charge >= 0.3 is 5.91 Å². The molecule has 1 fully saturated rings. The molecule has 2 atom stereocenters. The van der Waals surface area contributed by atoms with Gasteiger partial charge in [-0.15, -0.1) is 10.1 Å². The van der Waals surface area contributed by atoms with E-state index < -0.39 is 6.04 Å². The number of hydrazine groups is 1. The Hall–Kier alpha value is -3.93. The molecule has 1 aliphatic rings. The van der Waals surface area contributed by atoms with Gasteiger partial charge in [0, 0.05) is 36.5 Å². The molecule has 2 amide bonds. The van der Waals surface area contributed by atoms with Crippen molar-refractivity contribution >= 4 is 23.7 Å². The van der Waals surface area contributed by atoms with Gasteiger partial charge in [0.25, 0.3) is 5.91 Å². The molecule has 0 spiro atoms. The van der Waals surface area contributed by atoms with E-state index in [4.69, 9.17) is 0 Å². The second kappa shape index (κ2) is 9.06. The summed E-state index contributed by atoms with van der Waals surface area (Å²) >= 11 is 0. The summed E-state index contributed by atoms with van der Waals surface area (Å²) in [7, 11) is 3.98. The lowest BCUT2D eigenvalue weighted by molar-refractivity contribution is -0.596. The van der Waals surface area contributed by atoms with Crippen molar-refractivity contribution < 1.29 is 14.3 Å². The van der Waals surface area contributed by atoms with E-state index in [0.29, 0.717) is 5.56 Å². The average molecular weight is 428 g/mol. The first kappa shape index (κ1) is 21.3. The number of anilines is 1. The molecule has 2 N–H and O–H groups in total. The summed E-state index contributed by atoms with van der Waals surface area (Å²) < 4.78 is 1.78. The lowest BCUT2D eigenvalue weighted by Crippen LogP contribution is -2.42. The Morgan fingerprint density at radius 3 is 2.25 bits per heavy atom. The van der Waals surface area contributed by atoms with E-state index >= 15 is 0 Å². The summed E-state index contributed by atoms with van der Waals surface area (Å²) in [6.07, 6.45) is 1.90. The highest BCUT2D eigenvalue weighted by Gasteiger charge is 2.47. The van der Waals surface area contributed by atoms with Crippen molar-refractivity contribution in [2.75, 3.05) is 19.0 Å². The van der Waals surface area contributed by atoms with E-state index in [2.05, 4.69) is 10.7 Å². The van der Waals surface area contributed by atoms with Crippen LogP contribution in [0.2, 0.25) is 0 Å². The number of benzene rings is 3.